The number of aromatic nitrogens is 2. The molecule has 0 spiro atoms. The van der Waals surface area contributed by atoms with Crippen LogP contribution in [0.2, 0.25) is 0 Å². The Morgan fingerprint density at radius 3 is 2.27 bits per heavy atom. The molecule has 3 nitrogen and oxygen atoms in total. The van der Waals surface area contributed by atoms with E-state index in [2.05, 4.69) is 23.8 Å². The number of aryl methyl sites for hydroxylation is 1. The normalized spacial score (nSPS) is 12.1. The quantitative estimate of drug-likeness (QED) is 0.281. The first-order chi connectivity index (χ1) is 14.6. The van der Waals surface area contributed by atoms with Gasteiger partial charge in [-0.25, -0.2) is 18.7 Å². The van der Waals surface area contributed by atoms with Crippen LogP contribution >= 0.6 is 0 Å². The van der Waals surface area contributed by atoms with E-state index >= 15 is 0 Å². The summed E-state index contributed by atoms with van der Waals surface area (Å²) < 4.78 is 33.7. The highest BCUT2D eigenvalue weighted by Gasteiger charge is 2.11. The molecule has 0 amide bonds. The molecule has 0 aliphatic heterocycles. The molecule has 1 aromatic heterocycles. The Morgan fingerprint density at radius 2 is 1.60 bits per heavy atom. The van der Waals surface area contributed by atoms with E-state index in [1.54, 1.807) is 12.1 Å². The molecule has 0 saturated carbocycles. The Bertz CT molecular complexity index is 722. The Labute approximate surface area is 180 Å². The number of hydrogen-bond donors (Lipinski definition) is 0. The van der Waals surface area contributed by atoms with Gasteiger partial charge in [-0.2, -0.15) is 0 Å². The number of halogens is 2. The Morgan fingerprint density at radius 1 is 0.900 bits per heavy atom. The molecule has 0 aliphatic carbocycles. The van der Waals surface area contributed by atoms with E-state index in [-0.39, 0.29) is 18.8 Å². The fourth-order valence-electron chi connectivity index (χ4n) is 3.38. The van der Waals surface area contributed by atoms with E-state index in [0.29, 0.717) is 17.8 Å². The summed E-state index contributed by atoms with van der Waals surface area (Å²) >= 11 is 0. The highest BCUT2D eigenvalue weighted by atomic mass is 19.1. The summed E-state index contributed by atoms with van der Waals surface area (Å²) in [6.45, 7) is 4.51. The molecule has 1 atom stereocenters. The van der Waals surface area contributed by atoms with Gasteiger partial charge in [-0.1, -0.05) is 58.8 Å². The summed E-state index contributed by atoms with van der Waals surface area (Å²) in [6.07, 6.45) is 13.6. The first kappa shape index (κ1) is 24.2. The summed E-state index contributed by atoms with van der Waals surface area (Å²) in [7, 11) is 0. The lowest BCUT2D eigenvalue weighted by molar-refractivity contribution is 0.217. The second kappa shape index (κ2) is 14.1. The summed E-state index contributed by atoms with van der Waals surface area (Å²) in [5, 5.41) is 0. The topological polar surface area (TPSA) is 35.0 Å². The van der Waals surface area contributed by atoms with Gasteiger partial charge in [0.1, 0.15) is 6.17 Å². The van der Waals surface area contributed by atoms with E-state index in [9.17, 15) is 8.78 Å². The average molecular weight is 419 g/mol. The molecule has 0 radical (unpaired) electrons. The molecule has 0 N–H and O–H groups in total. The van der Waals surface area contributed by atoms with Crippen molar-refractivity contribution in [2.24, 2.45) is 0 Å². The van der Waals surface area contributed by atoms with Gasteiger partial charge in [-0.15, -0.1) is 0 Å². The van der Waals surface area contributed by atoms with Crippen molar-refractivity contribution in [1.29, 1.82) is 0 Å². The summed E-state index contributed by atoms with van der Waals surface area (Å²) in [5.74, 6) is 0.163. The average Bonchev–Trinajstić information content (AvgIpc) is 2.76. The van der Waals surface area contributed by atoms with Gasteiger partial charge in [-0.05, 0) is 43.0 Å². The molecule has 0 aliphatic rings. The van der Waals surface area contributed by atoms with Crippen molar-refractivity contribution in [3.05, 3.63) is 42.0 Å². The number of benzene rings is 1. The molecule has 1 heterocycles. The zero-order valence-electron chi connectivity index (χ0n) is 18.5. The van der Waals surface area contributed by atoms with Crippen molar-refractivity contribution in [2.75, 3.05) is 6.61 Å². The Balaban J connectivity index is 1.80. The van der Waals surface area contributed by atoms with Gasteiger partial charge >= 0.3 is 0 Å². The minimum atomic E-state index is -0.891. The monoisotopic (exact) mass is 418 g/mol. The summed E-state index contributed by atoms with van der Waals surface area (Å²) in [5.41, 5.74) is 1.71. The van der Waals surface area contributed by atoms with Crippen LogP contribution in [0.5, 0.6) is 5.75 Å². The molecular weight excluding hydrogens is 382 g/mol. The molecular formula is C25H36F2N2O. The molecule has 2 aromatic rings. The summed E-state index contributed by atoms with van der Waals surface area (Å²) in [4.78, 5) is 8.75. The number of alkyl halides is 1. The zero-order valence-corrected chi connectivity index (χ0v) is 18.5. The highest BCUT2D eigenvalue weighted by molar-refractivity contribution is 5.56. The molecule has 5 heteroatoms. The first-order valence-corrected chi connectivity index (χ1v) is 11.5. The van der Waals surface area contributed by atoms with Gasteiger partial charge in [0.25, 0.3) is 0 Å². The second-order valence-corrected chi connectivity index (χ2v) is 7.95. The second-order valence-electron chi connectivity index (χ2n) is 7.95. The van der Waals surface area contributed by atoms with Crippen LogP contribution in [0.1, 0.15) is 83.6 Å². The molecule has 0 saturated heterocycles. The third-order valence-electron chi connectivity index (χ3n) is 5.27. The molecule has 0 fully saturated rings. The third kappa shape index (κ3) is 8.76. The number of rotatable bonds is 15. The standard InChI is InChI=1S/C25H36F2N2O/c1-3-5-7-9-11-20-18-28-25(29-19-20)21-13-14-24(23(27)17-21)30-16-15-22(26)12-10-8-6-4-2/h13-14,17-19,22H,3-12,15-16H2,1-2H3. The minimum absolute atomic E-state index is 0.143. The number of ether oxygens (including phenoxy) is 1. The maximum Gasteiger partial charge on any atom is 0.165 e. The molecule has 0 bridgehead atoms. The van der Waals surface area contributed by atoms with Crippen LogP contribution in [0, 0.1) is 5.82 Å². The van der Waals surface area contributed by atoms with E-state index in [0.717, 1.165) is 44.1 Å². The maximum atomic E-state index is 14.4. The highest BCUT2D eigenvalue weighted by Crippen LogP contribution is 2.24. The third-order valence-corrected chi connectivity index (χ3v) is 5.27. The maximum absolute atomic E-state index is 14.4. The van der Waals surface area contributed by atoms with Gasteiger partial charge in [0, 0.05) is 24.4 Å². The first-order valence-electron chi connectivity index (χ1n) is 11.5. The molecule has 1 aromatic carbocycles. The van der Waals surface area contributed by atoms with Crippen molar-refractivity contribution in [2.45, 2.75) is 90.6 Å². The Hall–Kier alpha value is -2.04. The van der Waals surface area contributed by atoms with Crippen LogP contribution in [-0.4, -0.2) is 22.7 Å². The largest absolute Gasteiger partial charge is 0.490 e. The van der Waals surface area contributed by atoms with Crippen LogP contribution in [0.25, 0.3) is 11.4 Å². The molecule has 2 rings (SSSR count). The smallest absolute Gasteiger partial charge is 0.165 e. The predicted molar refractivity (Wildman–Crippen MR) is 119 cm³/mol. The fourth-order valence-corrected chi connectivity index (χ4v) is 3.38. The predicted octanol–water partition coefficient (Wildman–Crippen LogP) is 7.48. The fraction of sp³-hybridized carbons (Fsp3) is 0.600. The van der Waals surface area contributed by atoms with Gasteiger partial charge in [0.15, 0.2) is 17.4 Å². The van der Waals surface area contributed by atoms with Crippen LogP contribution in [-0.2, 0) is 6.42 Å². The minimum Gasteiger partial charge on any atom is -0.490 e. The van der Waals surface area contributed by atoms with E-state index in [1.165, 1.54) is 25.3 Å². The Kier molecular flexibility index (Phi) is 11.3. The van der Waals surface area contributed by atoms with Gasteiger partial charge in [-0.3, -0.25) is 0 Å². The molecule has 166 valence electrons. The lowest BCUT2D eigenvalue weighted by atomic mass is 10.1. The van der Waals surface area contributed by atoms with Crippen molar-refractivity contribution >= 4 is 0 Å². The van der Waals surface area contributed by atoms with Gasteiger partial charge < -0.3 is 4.74 Å². The molecule has 1 unspecified atom stereocenters. The number of nitrogens with zero attached hydrogens (tertiary/aromatic N) is 2. The van der Waals surface area contributed by atoms with Crippen molar-refractivity contribution in [1.82, 2.24) is 9.97 Å². The SMILES string of the molecule is CCCCCCc1cnc(-c2ccc(OCCC(F)CCCCCC)c(F)c2)nc1. The number of unbranched alkanes of at least 4 members (excludes halogenated alkanes) is 6. The van der Waals surface area contributed by atoms with E-state index < -0.39 is 12.0 Å². The van der Waals surface area contributed by atoms with Crippen molar-refractivity contribution < 1.29 is 13.5 Å². The molecule has 30 heavy (non-hydrogen) atoms. The van der Waals surface area contributed by atoms with Crippen LogP contribution in [0.3, 0.4) is 0 Å². The van der Waals surface area contributed by atoms with Gasteiger partial charge in [0.2, 0.25) is 0 Å². The van der Waals surface area contributed by atoms with Crippen LogP contribution < -0.4 is 4.74 Å². The summed E-state index contributed by atoms with van der Waals surface area (Å²) in [6, 6.07) is 4.69. The lowest BCUT2D eigenvalue weighted by Gasteiger charge is -2.11. The van der Waals surface area contributed by atoms with Gasteiger partial charge in [0.05, 0.1) is 6.61 Å². The van der Waals surface area contributed by atoms with E-state index in [1.807, 2.05) is 12.4 Å². The van der Waals surface area contributed by atoms with Crippen LogP contribution in [0.15, 0.2) is 30.6 Å². The van der Waals surface area contributed by atoms with Crippen molar-refractivity contribution in [3.8, 4) is 17.1 Å². The lowest BCUT2D eigenvalue weighted by Crippen LogP contribution is -2.08. The number of hydrogen-bond acceptors (Lipinski definition) is 3. The van der Waals surface area contributed by atoms with Crippen molar-refractivity contribution in [3.63, 3.8) is 0 Å². The zero-order chi connectivity index (χ0) is 21.6. The van der Waals surface area contributed by atoms with E-state index in [4.69, 9.17) is 4.74 Å². The van der Waals surface area contributed by atoms with Crippen LogP contribution in [0.4, 0.5) is 8.78 Å².